The molecule has 0 saturated carbocycles. The van der Waals surface area contributed by atoms with Gasteiger partial charge in [-0.05, 0) is 38.2 Å². The van der Waals surface area contributed by atoms with E-state index in [1.807, 2.05) is 6.07 Å². The average molecular weight is 326 g/mol. The maximum Gasteiger partial charge on any atom is 0.134 e. The molecule has 0 amide bonds. The molecule has 2 heterocycles. The minimum atomic E-state index is 0.175. The van der Waals surface area contributed by atoms with Crippen molar-refractivity contribution in [3.8, 4) is 0 Å². The van der Waals surface area contributed by atoms with Crippen molar-refractivity contribution >= 4 is 11.6 Å². The highest BCUT2D eigenvalue weighted by atomic mass is 16.3. The zero-order valence-electron chi connectivity index (χ0n) is 14.3. The van der Waals surface area contributed by atoms with E-state index in [9.17, 15) is 5.11 Å². The van der Waals surface area contributed by atoms with Gasteiger partial charge in [0.1, 0.15) is 18.0 Å². The van der Waals surface area contributed by atoms with Gasteiger partial charge in [0, 0.05) is 19.2 Å². The van der Waals surface area contributed by atoms with Crippen molar-refractivity contribution in [2.45, 2.75) is 38.6 Å². The lowest BCUT2D eigenvalue weighted by Gasteiger charge is -2.35. The molecular formula is C19H26N4O. The highest BCUT2D eigenvalue weighted by molar-refractivity contribution is 5.49. The van der Waals surface area contributed by atoms with Gasteiger partial charge >= 0.3 is 0 Å². The number of rotatable bonds is 6. The summed E-state index contributed by atoms with van der Waals surface area (Å²) < 4.78 is 0. The Bertz CT molecular complexity index is 661. The fourth-order valence-corrected chi connectivity index (χ4v) is 3.30. The van der Waals surface area contributed by atoms with Crippen molar-refractivity contribution in [3.63, 3.8) is 0 Å². The summed E-state index contributed by atoms with van der Waals surface area (Å²) in [6.07, 6.45) is 5.92. The van der Waals surface area contributed by atoms with Crippen molar-refractivity contribution in [3.05, 3.63) is 47.8 Å². The second-order valence-electron chi connectivity index (χ2n) is 6.45. The second-order valence-corrected chi connectivity index (χ2v) is 6.45. The minimum Gasteiger partial charge on any atom is -0.394 e. The van der Waals surface area contributed by atoms with E-state index in [0.717, 1.165) is 44.0 Å². The molecule has 0 spiro atoms. The van der Waals surface area contributed by atoms with Crippen LogP contribution in [0.4, 0.5) is 11.6 Å². The van der Waals surface area contributed by atoms with Gasteiger partial charge in [-0.15, -0.1) is 0 Å². The third-order valence-electron chi connectivity index (χ3n) is 4.59. The van der Waals surface area contributed by atoms with Gasteiger partial charge < -0.3 is 15.3 Å². The first-order valence-electron chi connectivity index (χ1n) is 8.75. The molecule has 5 heteroatoms. The Balaban J connectivity index is 1.60. The molecule has 128 valence electrons. The maximum atomic E-state index is 9.58. The van der Waals surface area contributed by atoms with Crippen LogP contribution in [0.15, 0.2) is 36.7 Å². The van der Waals surface area contributed by atoms with E-state index in [2.05, 4.69) is 51.4 Å². The van der Waals surface area contributed by atoms with Gasteiger partial charge in [0.25, 0.3) is 0 Å². The van der Waals surface area contributed by atoms with Crippen LogP contribution in [0.5, 0.6) is 0 Å². The fourth-order valence-electron chi connectivity index (χ4n) is 3.30. The Morgan fingerprint density at radius 2 is 2.17 bits per heavy atom. The lowest BCUT2D eigenvalue weighted by Crippen LogP contribution is -2.42. The maximum absolute atomic E-state index is 9.58. The topological polar surface area (TPSA) is 61.3 Å². The molecule has 2 aromatic rings. The van der Waals surface area contributed by atoms with Crippen LogP contribution in [-0.4, -0.2) is 40.8 Å². The van der Waals surface area contributed by atoms with Crippen LogP contribution in [-0.2, 0) is 6.42 Å². The molecule has 3 rings (SSSR count). The first kappa shape index (κ1) is 16.7. The van der Waals surface area contributed by atoms with Crippen LogP contribution in [0.2, 0.25) is 0 Å². The quantitative estimate of drug-likeness (QED) is 0.855. The third kappa shape index (κ3) is 4.23. The molecule has 1 aliphatic heterocycles. The summed E-state index contributed by atoms with van der Waals surface area (Å²) >= 11 is 0. The predicted molar refractivity (Wildman–Crippen MR) is 97.5 cm³/mol. The number of anilines is 2. The third-order valence-corrected chi connectivity index (χ3v) is 4.59. The Kier molecular flexibility index (Phi) is 5.64. The molecule has 24 heavy (non-hydrogen) atoms. The zero-order chi connectivity index (χ0) is 16.8. The van der Waals surface area contributed by atoms with E-state index in [1.54, 1.807) is 6.33 Å². The summed E-state index contributed by atoms with van der Waals surface area (Å²) in [4.78, 5) is 10.9. The largest absolute Gasteiger partial charge is 0.394 e. The molecule has 2 N–H and O–H groups in total. The number of hydrogen-bond donors (Lipinski definition) is 2. The first-order chi connectivity index (χ1) is 11.8. The van der Waals surface area contributed by atoms with Gasteiger partial charge in [0.2, 0.25) is 0 Å². The number of nitrogens with zero attached hydrogens (tertiary/aromatic N) is 3. The standard InChI is InChI=1S/C19H26N4O/c1-15-5-4-6-16(11-15)8-9-20-18-12-19(22-14-21-18)23-10-3-2-7-17(23)13-24/h4-6,11-12,14,17,24H,2-3,7-10,13H2,1H3,(H,20,21,22). The minimum absolute atomic E-state index is 0.175. The monoisotopic (exact) mass is 326 g/mol. The molecule has 5 nitrogen and oxygen atoms in total. The van der Waals surface area contributed by atoms with Gasteiger partial charge in [-0.3, -0.25) is 0 Å². The summed E-state index contributed by atoms with van der Waals surface area (Å²) in [6, 6.07) is 10.7. The van der Waals surface area contributed by atoms with Crippen LogP contribution in [0.3, 0.4) is 0 Å². The van der Waals surface area contributed by atoms with Crippen LogP contribution in [0.25, 0.3) is 0 Å². The van der Waals surface area contributed by atoms with Crippen molar-refractivity contribution in [1.82, 2.24) is 9.97 Å². The highest BCUT2D eigenvalue weighted by Gasteiger charge is 2.23. The Morgan fingerprint density at radius 1 is 1.25 bits per heavy atom. The van der Waals surface area contributed by atoms with E-state index < -0.39 is 0 Å². The van der Waals surface area contributed by atoms with Crippen molar-refractivity contribution < 1.29 is 5.11 Å². The van der Waals surface area contributed by atoms with Gasteiger partial charge in [-0.1, -0.05) is 29.8 Å². The zero-order valence-corrected chi connectivity index (χ0v) is 14.3. The lowest BCUT2D eigenvalue weighted by atomic mass is 10.0. The highest BCUT2D eigenvalue weighted by Crippen LogP contribution is 2.24. The second kappa shape index (κ2) is 8.11. The molecule has 1 atom stereocenters. The average Bonchev–Trinajstić information content (AvgIpc) is 2.62. The summed E-state index contributed by atoms with van der Waals surface area (Å²) in [5.41, 5.74) is 2.62. The van der Waals surface area contributed by atoms with Gasteiger partial charge in [-0.25, -0.2) is 9.97 Å². The van der Waals surface area contributed by atoms with Crippen molar-refractivity contribution in [1.29, 1.82) is 0 Å². The van der Waals surface area contributed by atoms with Crippen LogP contribution < -0.4 is 10.2 Å². The molecule has 1 saturated heterocycles. The Labute approximate surface area is 143 Å². The molecule has 1 aromatic carbocycles. The summed E-state index contributed by atoms with van der Waals surface area (Å²) in [7, 11) is 0. The number of nitrogens with one attached hydrogen (secondary N) is 1. The molecule has 0 radical (unpaired) electrons. The van der Waals surface area contributed by atoms with Crippen LogP contribution >= 0.6 is 0 Å². The molecule has 1 aliphatic rings. The van der Waals surface area contributed by atoms with E-state index >= 15 is 0 Å². The van der Waals surface area contributed by atoms with Crippen molar-refractivity contribution in [2.24, 2.45) is 0 Å². The number of aryl methyl sites for hydroxylation is 1. The van der Waals surface area contributed by atoms with Gasteiger partial charge in [0.15, 0.2) is 0 Å². The SMILES string of the molecule is Cc1cccc(CCNc2cc(N3CCCCC3CO)ncn2)c1. The number of benzene rings is 1. The molecule has 1 aromatic heterocycles. The van der Waals surface area contributed by atoms with Crippen LogP contribution in [0.1, 0.15) is 30.4 Å². The van der Waals surface area contributed by atoms with E-state index in [0.29, 0.717) is 0 Å². The summed E-state index contributed by atoms with van der Waals surface area (Å²) in [5, 5.41) is 13.0. The predicted octanol–water partition coefficient (Wildman–Crippen LogP) is 2.79. The Morgan fingerprint density at radius 3 is 3.00 bits per heavy atom. The van der Waals surface area contributed by atoms with E-state index in [1.165, 1.54) is 17.5 Å². The lowest BCUT2D eigenvalue weighted by molar-refractivity contribution is 0.239. The molecule has 0 aliphatic carbocycles. The smallest absolute Gasteiger partial charge is 0.134 e. The Hall–Kier alpha value is -2.14. The van der Waals surface area contributed by atoms with E-state index in [4.69, 9.17) is 0 Å². The van der Waals surface area contributed by atoms with Crippen LogP contribution in [0, 0.1) is 6.92 Å². The first-order valence-corrected chi connectivity index (χ1v) is 8.75. The van der Waals surface area contributed by atoms with E-state index in [-0.39, 0.29) is 12.6 Å². The number of aliphatic hydroxyl groups is 1. The van der Waals surface area contributed by atoms with Crippen molar-refractivity contribution in [2.75, 3.05) is 29.9 Å². The molecular weight excluding hydrogens is 300 g/mol. The summed E-state index contributed by atoms with van der Waals surface area (Å²) in [6.45, 7) is 4.08. The number of aromatic nitrogens is 2. The molecule has 1 fully saturated rings. The number of piperidine rings is 1. The van der Waals surface area contributed by atoms with Gasteiger partial charge in [0.05, 0.1) is 12.6 Å². The normalized spacial score (nSPS) is 17.8. The summed E-state index contributed by atoms with van der Waals surface area (Å²) in [5.74, 6) is 1.75. The fraction of sp³-hybridized carbons (Fsp3) is 0.474. The molecule has 1 unspecified atom stereocenters. The van der Waals surface area contributed by atoms with Gasteiger partial charge in [-0.2, -0.15) is 0 Å². The number of aliphatic hydroxyl groups excluding tert-OH is 1. The number of hydrogen-bond acceptors (Lipinski definition) is 5. The molecule has 0 bridgehead atoms.